The van der Waals surface area contributed by atoms with E-state index in [2.05, 4.69) is 4.72 Å². The molecule has 0 aliphatic rings. The fourth-order valence-corrected chi connectivity index (χ4v) is 2.70. The Morgan fingerprint density at radius 3 is 2.26 bits per heavy atom. The van der Waals surface area contributed by atoms with E-state index in [1.165, 1.54) is 36.4 Å². The smallest absolute Gasteiger partial charge is 0.271 e. The third-order valence-electron chi connectivity index (χ3n) is 2.76. The second-order valence-electron chi connectivity index (χ2n) is 4.44. The topological polar surface area (TPSA) is 111 Å². The van der Waals surface area contributed by atoms with Crippen LogP contribution in [0.3, 0.4) is 0 Å². The summed E-state index contributed by atoms with van der Waals surface area (Å²) in [6.45, 7) is -0.281. The average Bonchev–Trinajstić information content (AvgIpc) is 2.55. The van der Waals surface area contributed by atoms with Crippen LogP contribution in [0.4, 0.5) is 10.1 Å². The van der Waals surface area contributed by atoms with Gasteiger partial charge in [0.1, 0.15) is 11.6 Å². The van der Waals surface area contributed by atoms with Crippen molar-refractivity contribution in [1.82, 2.24) is 5.43 Å². The predicted octanol–water partition coefficient (Wildman–Crippen LogP) is 0.995. The molecular formula is C14H14FN3O4S. The van der Waals surface area contributed by atoms with Crippen LogP contribution in [0.5, 0.6) is 5.75 Å². The molecule has 0 saturated heterocycles. The maximum Gasteiger partial charge on any atom is 0.271 e. The summed E-state index contributed by atoms with van der Waals surface area (Å²) in [5.74, 6) is 4.25. The number of carbonyl (C=O) groups is 1. The van der Waals surface area contributed by atoms with E-state index >= 15 is 0 Å². The van der Waals surface area contributed by atoms with Gasteiger partial charge in [-0.05, 0) is 48.5 Å². The highest BCUT2D eigenvalue weighted by Gasteiger charge is 2.14. The van der Waals surface area contributed by atoms with Gasteiger partial charge < -0.3 is 4.74 Å². The number of hydrazine groups is 1. The Balaban J connectivity index is 2.08. The van der Waals surface area contributed by atoms with Crippen LogP contribution in [0, 0.1) is 5.82 Å². The van der Waals surface area contributed by atoms with Crippen LogP contribution in [-0.4, -0.2) is 20.9 Å². The van der Waals surface area contributed by atoms with Crippen molar-refractivity contribution in [3.63, 3.8) is 0 Å². The number of rotatable bonds is 6. The predicted molar refractivity (Wildman–Crippen MR) is 81.5 cm³/mol. The summed E-state index contributed by atoms with van der Waals surface area (Å²) in [6, 6.07) is 10.4. The molecule has 0 spiro atoms. The first-order chi connectivity index (χ1) is 10.9. The van der Waals surface area contributed by atoms with Gasteiger partial charge in [-0.25, -0.2) is 18.7 Å². The molecule has 0 saturated carbocycles. The molecule has 4 N–H and O–H groups in total. The van der Waals surface area contributed by atoms with Crippen molar-refractivity contribution in [2.45, 2.75) is 4.90 Å². The Kier molecular flexibility index (Phi) is 5.14. The zero-order valence-electron chi connectivity index (χ0n) is 11.8. The number of carbonyl (C=O) groups excluding carboxylic acids is 1. The van der Waals surface area contributed by atoms with E-state index in [1.54, 1.807) is 0 Å². The normalized spacial score (nSPS) is 10.9. The number of amides is 1. The number of halogens is 1. The molecule has 0 aliphatic carbocycles. The van der Waals surface area contributed by atoms with E-state index in [0.717, 1.165) is 12.1 Å². The Morgan fingerprint density at radius 2 is 1.70 bits per heavy atom. The van der Waals surface area contributed by atoms with Crippen molar-refractivity contribution in [2.24, 2.45) is 5.84 Å². The molecule has 7 nitrogen and oxygen atoms in total. The number of hydrogen-bond acceptors (Lipinski definition) is 5. The molecule has 1 amide bonds. The van der Waals surface area contributed by atoms with Gasteiger partial charge in [0, 0.05) is 5.69 Å². The fraction of sp³-hybridized carbons (Fsp3) is 0.0714. The molecule has 9 heteroatoms. The van der Waals surface area contributed by atoms with Gasteiger partial charge in [0.05, 0.1) is 4.90 Å². The third kappa shape index (κ3) is 4.66. The highest BCUT2D eigenvalue weighted by atomic mass is 32.2. The fourth-order valence-electron chi connectivity index (χ4n) is 1.64. The number of anilines is 1. The molecule has 0 unspecified atom stereocenters. The van der Waals surface area contributed by atoms with Gasteiger partial charge in [-0.2, -0.15) is 0 Å². The van der Waals surface area contributed by atoms with Crippen LogP contribution in [0.15, 0.2) is 53.4 Å². The van der Waals surface area contributed by atoms with Crippen LogP contribution >= 0.6 is 0 Å². The highest BCUT2D eigenvalue weighted by molar-refractivity contribution is 7.92. The van der Waals surface area contributed by atoms with Gasteiger partial charge in [-0.3, -0.25) is 14.9 Å². The third-order valence-corrected chi connectivity index (χ3v) is 4.16. The molecule has 2 aromatic rings. The maximum atomic E-state index is 12.8. The molecule has 122 valence electrons. The van der Waals surface area contributed by atoms with E-state index in [9.17, 15) is 17.6 Å². The first-order valence-corrected chi connectivity index (χ1v) is 7.90. The molecule has 0 bridgehead atoms. The molecule has 2 rings (SSSR count). The summed E-state index contributed by atoms with van der Waals surface area (Å²) >= 11 is 0. The molecule has 2 aromatic carbocycles. The van der Waals surface area contributed by atoms with E-state index < -0.39 is 21.7 Å². The Labute approximate surface area is 132 Å². The summed E-state index contributed by atoms with van der Waals surface area (Å²) in [7, 11) is -3.81. The quantitative estimate of drug-likeness (QED) is 0.413. The molecule has 0 fully saturated rings. The zero-order valence-corrected chi connectivity index (χ0v) is 12.6. The average molecular weight is 339 g/mol. The Morgan fingerprint density at radius 1 is 1.09 bits per heavy atom. The minimum atomic E-state index is -3.81. The Hall–Kier alpha value is -2.65. The van der Waals surface area contributed by atoms with Gasteiger partial charge >= 0.3 is 0 Å². The van der Waals surface area contributed by atoms with Crippen LogP contribution < -0.4 is 20.7 Å². The van der Waals surface area contributed by atoms with Crippen molar-refractivity contribution in [1.29, 1.82) is 0 Å². The zero-order chi connectivity index (χ0) is 16.9. The molecule has 0 radical (unpaired) electrons. The first-order valence-electron chi connectivity index (χ1n) is 6.41. The van der Waals surface area contributed by atoms with Gasteiger partial charge in [-0.1, -0.05) is 0 Å². The second-order valence-corrected chi connectivity index (χ2v) is 6.12. The van der Waals surface area contributed by atoms with Crippen LogP contribution in [0.25, 0.3) is 0 Å². The highest BCUT2D eigenvalue weighted by Crippen LogP contribution is 2.19. The molecule has 0 aliphatic heterocycles. The van der Waals surface area contributed by atoms with Crippen molar-refractivity contribution < 1.29 is 22.3 Å². The summed E-state index contributed by atoms with van der Waals surface area (Å²) < 4.78 is 44.6. The number of sulfonamides is 1. The lowest BCUT2D eigenvalue weighted by Gasteiger charge is -2.09. The minimum absolute atomic E-state index is 0.00236. The van der Waals surface area contributed by atoms with Gasteiger partial charge in [0.15, 0.2) is 6.61 Å². The summed E-state index contributed by atoms with van der Waals surface area (Å²) in [5, 5.41) is 0. The lowest BCUT2D eigenvalue weighted by Crippen LogP contribution is -2.34. The SMILES string of the molecule is NNC(=O)COc1ccc(S(=O)(=O)Nc2ccc(F)cc2)cc1. The summed E-state index contributed by atoms with van der Waals surface area (Å²) in [6.07, 6.45) is 0. The maximum absolute atomic E-state index is 12.8. The standard InChI is InChI=1S/C14H14FN3O4S/c15-10-1-3-11(4-2-10)18-23(20,21)13-7-5-12(6-8-13)22-9-14(19)17-16/h1-8,18H,9,16H2,(H,17,19). The van der Waals surface area contributed by atoms with E-state index in [-0.39, 0.29) is 17.2 Å². The second kappa shape index (κ2) is 7.07. The van der Waals surface area contributed by atoms with Gasteiger partial charge in [0.25, 0.3) is 15.9 Å². The lowest BCUT2D eigenvalue weighted by molar-refractivity contribution is -0.123. The number of nitrogens with one attached hydrogen (secondary N) is 2. The summed E-state index contributed by atoms with van der Waals surface area (Å²) in [4.78, 5) is 10.9. The lowest BCUT2D eigenvalue weighted by atomic mass is 10.3. The monoisotopic (exact) mass is 339 g/mol. The number of hydrogen-bond donors (Lipinski definition) is 3. The largest absolute Gasteiger partial charge is 0.484 e. The van der Waals surface area contributed by atoms with Crippen LogP contribution in [0.1, 0.15) is 0 Å². The van der Waals surface area contributed by atoms with Crippen molar-refractivity contribution in [3.8, 4) is 5.75 Å². The van der Waals surface area contributed by atoms with Crippen molar-refractivity contribution in [2.75, 3.05) is 11.3 Å². The number of benzene rings is 2. The van der Waals surface area contributed by atoms with Gasteiger partial charge in [-0.15, -0.1) is 0 Å². The van der Waals surface area contributed by atoms with E-state index in [4.69, 9.17) is 10.6 Å². The van der Waals surface area contributed by atoms with Gasteiger partial charge in [0.2, 0.25) is 0 Å². The minimum Gasteiger partial charge on any atom is -0.484 e. The van der Waals surface area contributed by atoms with Crippen molar-refractivity contribution in [3.05, 3.63) is 54.3 Å². The summed E-state index contributed by atoms with van der Waals surface area (Å²) in [5.41, 5.74) is 2.15. The Bertz CT molecular complexity index is 777. The first kappa shape index (κ1) is 16.7. The van der Waals surface area contributed by atoms with Crippen LogP contribution in [-0.2, 0) is 14.8 Å². The number of nitrogens with two attached hydrogens (primary N) is 1. The van der Waals surface area contributed by atoms with Crippen LogP contribution in [0.2, 0.25) is 0 Å². The van der Waals surface area contributed by atoms with Crippen molar-refractivity contribution >= 4 is 21.6 Å². The van der Waals surface area contributed by atoms with E-state index in [1.807, 2.05) is 5.43 Å². The number of ether oxygens (including phenoxy) is 1. The molecule has 0 heterocycles. The molecule has 0 aromatic heterocycles. The van der Waals surface area contributed by atoms with E-state index in [0.29, 0.717) is 5.75 Å². The molecule has 23 heavy (non-hydrogen) atoms. The molecule has 0 atom stereocenters. The molecular weight excluding hydrogens is 325 g/mol.